The van der Waals surface area contributed by atoms with Crippen LogP contribution in [0.2, 0.25) is 0 Å². The molecule has 0 atom stereocenters. The van der Waals surface area contributed by atoms with Crippen molar-refractivity contribution in [3.05, 3.63) is 40.0 Å². The number of amides is 1. The number of nitrogens with zero attached hydrogens (tertiary/aromatic N) is 4. The lowest BCUT2D eigenvalue weighted by Crippen LogP contribution is -2.30. The third-order valence-corrected chi connectivity index (χ3v) is 2.89. The Kier molecular flexibility index (Phi) is 3.77. The van der Waals surface area contributed by atoms with Gasteiger partial charge in [-0.3, -0.25) is 9.59 Å². The highest BCUT2D eigenvalue weighted by Crippen LogP contribution is 2.29. The molecule has 0 aromatic heterocycles. The monoisotopic (exact) mass is 262 g/mol. The van der Waals surface area contributed by atoms with Crippen molar-refractivity contribution in [2.24, 2.45) is 5.11 Å². The van der Waals surface area contributed by atoms with E-state index in [1.54, 1.807) is 0 Å². The van der Waals surface area contributed by atoms with Gasteiger partial charge in [-0.15, -0.1) is 0 Å². The molecule has 19 heavy (non-hydrogen) atoms. The molecule has 0 fully saturated rings. The van der Waals surface area contributed by atoms with E-state index in [4.69, 9.17) is 5.53 Å². The normalized spacial score (nSPS) is 13.4. The summed E-state index contributed by atoms with van der Waals surface area (Å²) in [4.78, 5) is 27.4. The van der Waals surface area contributed by atoms with Crippen molar-refractivity contribution < 1.29 is 14.0 Å². The maximum Gasteiger partial charge on any atom is 0.299 e. The minimum atomic E-state index is -0.676. The molecule has 1 aromatic carbocycles. The average molecular weight is 262 g/mol. The van der Waals surface area contributed by atoms with Gasteiger partial charge in [0.05, 0.1) is 11.3 Å². The number of rotatable bonds is 5. The lowest BCUT2D eigenvalue weighted by molar-refractivity contribution is -0.114. The van der Waals surface area contributed by atoms with Crippen molar-refractivity contribution in [1.29, 1.82) is 0 Å². The summed E-state index contributed by atoms with van der Waals surface area (Å²) in [7, 11) is 0. The number of carbonyl (C=O) groups excluding carboxylic acids is 2. The standard InChI is InChI=1S/C12H11FN4O2/c13-8-3-4-10-9(7-8)11(18)12(19)17(10)6-2-1-5-15-16-14/h3-4,7H,1-2,5-6H2. The molecule has 2 rings (SSSR count). The summed E-state index contributed by atoms with van der Waals surface area (Å²) >= 11 is 0. The number of hydrogen-bond donors (Lipinski definition) is 0. The Morgan fingerprint density at radius 2 is 2.11 bits per heavy atom. The molecule has 1 amide bonds. The van der Waals surface area contributed by atoms with Crippen molar-refractivity contribution >= 4 is 17.4 Å². The molecule has 0 saturated carbocycles. The summed E-state index contributed by atoms with van der Waals surface area (Å²) in [5.41, 5.74) is 8.68. The van der Waals surface area contributed by atoms with Gasteiger partial charge in [-0.2, -0.15) is 0 Å². The van der Waals surface area contributed by atoms with Crippen LogP contribution in [-0.4, -0.2) is 24.8 Å². The maximum absolute atomic E-state index is 13.1. The Bertz CT molecular complexity index is 581. The number of halogens is 1. The van der Waals surface area contributed by atoms with Crippen LogP contribution in [0.15, 0.2) is 23.3 Å². The highest BCUT2D eigenvalue weighted by atomic mass is 19.1. The van der Waals surface area contributed by atoms with Gasteiger partial charge in [0.15, 0.2) is 0 Å². The van der Waals surface area contributed by atoms with Crippen molar-refractivity contribution in [1.82, 2.24) is 0 Å². The highest BCUT2D eigenvalue weighted by Gasteiger charge is 2.35. The molecule has 0 saturated heterocycles. The zero-order valence-corrected chi connectivity index (χ0v) is 10.0. The van der Waals surface area contributed by atoms with Crippen LogP contribution in [0.5, 0.6) is 0 Å². The number of carbonyl (C=O) groups is 2. The molecule has 1 heterocycles. The van der Waals surface area contributed by atoms with Gasteiger partial charge in [0.2, 0.25) is 0 Å². The second-order valence-corrected chi connectivity index (χ2v) is 4.11. The van der Waals surface area contributed by atoms with E-state index in [1.165, 1.54) is 17.0 Å². The summed E-state index contributed by atoms with van der Waals surface area (Å²) in [5, 5.41) is 3.39. The largest absolute Gasteiger partial charge is 0.305 e. The Hall–Kier alpha value is -2.40. The van der Waals surface area contributed by atoms with E-state index in [0.717, 1.165) is 6.07 Å². The third kappa shape index (κ3) is 2.56. The van der Waals surface area contributed by atoms with Gasteiger partial charge < -0.3 is 4.90 Å². The maximum atomic E-state index is 13.1. The van der Waals surface area contributed by atoms with Crippen LogP contribution in [0.4, 0.5) is 10.1 Å². The molecule has 0 spiro atoms. The number of fused-ring (bicyclic) bond motifs is 1. The lowest BCUT2D eigenvalue weighted by atomic mass is 10.1. The Morgan fingerprint density at radius 3 is 2.84 bits per heavy atom. The zero-order valence-electron chi connectivity index (χ0n) is 10.0. The van der Waals surface area contributed by atoms with Crippen molar-refractivity contribution in [2.75, 3.05) is 18.0 Å². The summed E-state index contributed by atoms with van der Waals surface area (Å²) in [6.07, 6.45) is 1.23. The molecular formula is C12H11FN4O2. The van der Waals surface area contributed by atoms with Gasteiger partial charge in [-0.1, -0.05) is 5.11 Å². The fourth-order valence-corrected chi connectivity index (χ4v) is 1.99. The quantitative estimate of drug-likeness (QED) is 0.268. The first-order chi connectivity index (χ1) is 9.15. The third-order valence-electron chi connectivity index (χ3n) is 2.89. The van der Waals surface area contributed by atoms with E-state index in [9.17, 15) is 14.0 Å². The molecule has 1 aliphatic rings. The first kappa shape index (κ1) is 13.0. The van der Waals surface area contributed by atoms with Gasteiger partial charge >= 0.3 is 0 Å². The first-order valence-corrected chi connectivity index (χ1v) is 5.81. The second-order valence-electron chi connectivity index (χ2n) is 4.11. The van der Waals surface area contributed by atoms with E-state index >= 15 is 0 Å². The van der Waals surface area contributed by atoms with E-state index in [-0.39, 0.29) is 5.56 Å². The van der Waals surface area contributed by atoms with Gasteiger partial charge in [0, 0.05) is 18.0 Å². The predicted octanol–water partition coefficient (Wildman–Crippen LogP) is 2.45. The molecule has 1 aromatic rings. The van der Waals surface area contributed by atoms with Crippen molar-refractivity contribution in [3.8, 4) is 0 Å². The molecule has 0 unspecified atom stereocenters. The molecule has 6 nitrogen and oxygen atoms in total. The van der Waals surface area contributed by atoms with E-state index in [2.05, 4.69) is 10.0 Å². The number of ketones is 1. The van der Waals surface area contributed by atoms with E-state index in [1.807, 2.05) is 0 Å². The summed E-state index contributed by atoms with van der Waals surface area (Å²) in [6, 6.07) is 3.73. The van der Waals surface area contributed by atoms with Gasteiger partial charge in [0.1, 0.15) is 5.82 Å². The average Bonchev–Trinajstić information content (AvgIpc) is 2.63. The number of benzene rings is 1. The molecule has 98 valence electrons. The second kappa shape index (κ2) is 5.49. The Morgan fingerprint density at radius 1 is 1.32 bits per heavy atom. The fraction of sp³-hybridized carbons (Fsp3) is 0.333. The number of unbranched alkanes of at least 4 members (excludes halogenated alkanes) is 1. The number of Topliss-reactive ketones (excluding diaryl/α,β-unsaturated/α-hetero) is 1. The van der Waals surface area contributed by atoms with Gasteiger partial charge in [-0.05, 0) is 36.6 Å². The highest BCUT2D eigenvalue weighted by molar-refractivity contribution is 6.52. The molecule has 0 N–H and O–H groups in total. The van der Waals surface area contributed by atoms with Crippen LogP contribution in [0, 0.1) is 5.82 Å². The number of anilines is 1. The smallest absolute Gasteiger partial charge is 0.299 e. The number of azide groups is 1. The minimum Gasteiger partial charge on any atom is -0.305 e. The van der Waals surface area contributed by atoms with Crippen LogP contribution in [0.3, 0.4) is 0 Å². The SMILES string of the molecule is [N-]=[N+]=NCCCCN1C(=O)C(=O)c2cc(F)ccc21. The van der Waals surface area contributed by atoms with Crippen LogP contribution in [0.1, 0.15) is 23.2 Å². The van der Waals surface area contributed by atoms with E-state index < -0.39 is 17.5 Å². The number of hydrogen-bond acceptors (Lipinski definition) is 3. The molecule has 7 heteroatoms. The Labute approximate surface area is 108 Å². The summed E-state index contributed by atoms with van der Waals surface area (Å²) in [5.74, 6) is -1.85. The molecule has 0 radical (unpaired) electrons. The first-order valence-electron chi connectivity index (χ1n) is 5.81. The van der Waals surface area contributed by atoms with Crippen LogP contribution in [-0.2, 0) is 4.79 Å². The van der Waals surface area contributed by atoms with Crippen LogP contribution < -0.4 is 4.90 Å². The Balaban J connectivity index is 2.08. The lowest BCUT2D eigenvalue weighted by Gasteiger charge is -2.15. The molecule has 0 bridgehead atoms. The van der Waals surface area contributed by atoms with E-state index in [0.29, 0.717) is 31.6 Å². The fourth-order valence-electron chi connectivity index (χ4n) is 1.99. The molecular weight excluding hydrogens is 251 g/mol. The van der Waals surface area contributed by atoms with Crippen LogP contribution >= 0.6 is 0 Å². The van der Waals surface area contributed by atoms with Crippen LogP contribution in [0.25, 0.3) is 10.4 Å². The predicted molar refractivity (Wildman–Crippen MR) is 66.3 cm³/mol. The molecule has 0 aliphatic carbocycles. The van der Waals surface area contributed by atoms with Gasteiger partial charge in [-0.25, -0.2) is 4.39 Å². The van der Waals surface area contributed by atoms with Crippen molar-refractivity contribution in [2.45, 2.75) is 12.8 Å². The minimum absolute atomic E-state index is 0.111. The summed E-state index contributed by atoms with van der Waals surface area (Å²) < 4.78 is 13.1. The molecule has 1 aliphatic heterocycles. The topological polar surface area (TPSA) is 86.1 Å². The van der Waals surface area contributed by atoms with Gasteiger partial charge in [0.25, 0.3) is 11.7 Å². The zero-order chi connectivity index (χ0) is 13.8. The summed E-state index contributed by atoms with van der Waals surface area (Å²) in [6.45, 7) is 0.701. The van der Waals surface area contributed by atoms with Crippen molar-refractivity contribution in [3.63, 3.8) is 0 Å².